The number of hydrogen-bond acceptors (Lipinski definition) is 0. The molecule has 1 unspecified atom stereocenters. The Bertz CT molecular complexity index is 59.2. The van der Waals surface area contributed by atoms with E-state index in [4.69, 9.17) is 0 Å². The molecule has 0 aromatic rings. The summed E-state index contributed by atoms with van der Waals surface area (Å²) in [6.45, 7) is 2.26. The first-order chi connectivity index (χ1) is 3.34. The zero-order chi connectivity index (χ0) is 5.28. The fourth-order valence-electron chi connectivity index (χ4n) is 0.988. The molecular formula is C6H11Br. The minimum atomic E-state index is 0.859. The molecule has 0 radical (unpaired) electrons. The highest BCUT2D eigenvalue weighted by Gasteiger charge is 2.25. The average molecular weight is 163 g/mol. The van der Waals surface area contributed by atoms with Gasteiger partial charge in [0.25, 0.3) is 0 Å². The third-order valence-electron chi connectivity index (χ3n) is 1.85. The molecule has 2 atom stereocenters. The second-order valence-corrected chi connectivity index (χ2v) is 3.44. The summed E-state index contributed by atoms with van der Waals surface area (Å²) in [5, 5.41) is 0. The van der Waals surface area contributed by atoms with Gasteiger partial charge in [-0.25, -0.2) is 0 Å². The fraction of sp³-hybridized carbons (Fsp3) is 1.00. The van der Waals surface area contributed by atoms with Crippen molar-refractivity contribution in [3.63, 3.8) is 0 Å². The highest BCUT2D eigenvalue weighted by Crippen LogP contribution is 2.35. The highest BCUT2D eigenvalue weighted by molar-refractivity contribution is 9.09. The van der Waals surface area contributed by atoms with E-state index in [-0.39, 0.29) is 0 Å². The number of rotatable bonds is 1. The van der Waals surface area contributed by atoms with Crippen LogP contribution in [0, 0.1) is 5.92 Å². The van der Waals surface area contributed by atoms with E-state index in [1.54, 1.807) is 0 Å². The maximum Gasteiger partial charge on any atom is 0.0174 e. The molecule has 1 aliphatic rings. The van der Waals surface area contributed by atoms with Gasteiger partial charge in [-0.15, -0.1) is 0 Å². The first kappa shape index (κ1) is 5.61. The minimum Gasteiger partial charge on any atom is -0.0888 e. The quantitative estimate of drug-likeness (QED) is 0.521. The van der Waals surface area contributed by atoms with E-state index in [9.17, 15) is 0 Å². The minimum absolute atomic E-state index is 0.859. The van der Waals surface area contributed by atoms with Crippen LogP contribution in [-0.2, 0) is 0 Å². The van der Waals surface area contributed by atoms with E-state index in [1.165, 1.54) is 19.3 Å². The summed E-state index contributed by atoms with van der Waals surface area (Å²) < 4.78 is 0. The molecule has 1 aliphatic carbocycles. The fourth-order valence-corrected chi connectivity index (χ4v) is 1.89. The Morgan fingerprint density at radius 3 is 2.29 bits per heavy atom. The lowest BCUT2D eigenvalue weighted by Gasteiger charge is -2.30. The number of halogens is 1. The molecule has 0 saturated heterocycles. The molecule has 0 nitrogen and oxygen atoms in total. The Morgan fingerprint density at radius 1 is 1.57 bits per heavy atom. The van der Waals surface area contributed by atoms with Crippen molar-refractivity contribution in [3.8, 4) is 0 Å². The van der Waals surface area contributed by atoms with Gasteiger partial charge in [0, 0.05) is 4.83 Å². The van der Waals surface area contributed by atoms with Crippen molar-refractivity contribution in [2.24, 2.45) is 5.92 Å². The molecule has 0 aromatic heterocycles. The van der Waals surface area contributed by atoms with Crippen molar-refractivity contribution in [2.45, 2.75) is 31.0 Å². The van der Waals surface area contributed by atoms with Crippen molar-refractivity contribution >= 4 is 15.9 Å². The van der Waals surface area contributed by atoms with Gasteiger partial charge in [0.05, 0.1) is 0 Å². The summed E-state index contributed by atoms with van der Waals surface area (Å²) in [6, 6.07) is 0. The number of hydrogen-bond donors (Lipinski definition) is 0. The molecule has 0 aliphatic heterocycles. The maximum absolute atomic E-state index is 3.59. The summed E-state index contributed by atoms with van der Waals surface area (Å²) in [7, 11) is 0. The Hall–Kier alpha value is 0.480. The number of alkyl halides is 1. The van der Waals surface area contributed by atoms with E-state index < -0.39 is 0 Å². The van der Waals surface area contributed by atoms with Crippen LogP contribution in [0.1, 0.15) is 26.2 Å². The second-order valence-electron chi connectivity index (χ2n) is 2.26. The third kappa shape index (κ3) is 0.987. The lowest BCUT2D eigenvalue weighted by molar-refractivity contribution is 0.328. The Kier molecular flexibility index (Phi) is 1.74. The smallest absolute Gasteiger partial charge is 0.0174 e. The van der Waals surface area contributed by atoms with E-state index in [0.717, 1.165) is 10.7 Å². The van der Waals surface area contributed by atoms with Crippen LogP contribution in [0.2, 0.25) is 0 Å². The van der Waals surface area contributed by atoms with E-state index in [0.29, 0.717) is 0 Å². The molecule has 0 N–H and O–H groups in total. The first-order valence-corrected chi connectivity index (χ1v) is 3.90. The summed E-state index contributed by atoms with van der Waals surface area (Å²) in [4.78, 5) is 0.859. The normalized spacial score (nSPS) is 40.3. The predicted molar refractivity (Wildman–Crippen MR) is 35.7 cm³/mol. The van der Waals surface area contributed by atoms with Gasteiger partial charge in [-0.3, -0.25) is 0 Å². The van der Waals surface area contributed by atoms with Crippen molar-refractivity contribution in [3.05, 3.63) is 0 Å². The van der Waals surface area contributed by atoms with Crippen LogP contribution in [0.15, 0.2) is 0 Å². The van der Waals surface area contributed by atoms with Gasteiger partial charge < -0.3 is 0 Å². The van der Waals surface area contributed by atoms with E-state index in [1.807, 2.05) is 0 Å². The van der Waals surface area contributed by atoms with Gasteiger partial charge >= 0.3 is 0 Å². The molecule has 1 fully saturated rings. The Morgan fingerprint density at radius 2 is 2.29 bits per heavy atom. The molecular weight excluding hydrogens is 152 g/mol. The van der Waals surface area contributed by atoms with Crippen molar-refractivity contribution in [1.82, 2.24) is 0 Å². The van der Waals surface area contributed by atoms with Crippen LogP contribution in [0.5, 0.6) is 0 Å². The topological polar surface area (TPSA) is 0 Å². The molecule has 7 heavy (non-hydrogen) atoms. The average Bonchev–Trinajstić information content (AvgIpc) is 1.65. The van der Waals surface area contributed by atoms with Crippen molar-refractivity contribution < 1.29 is 0 Å². The lowest BCUT2D eigenvalue weighted by atomic mass is 9.83. The van der Waals surface area contributed by atoms with Gasteiger partial charge in [0.15, 0.2) is 0 Å². The maximum atomic E-state index is 3.59. The molecule has 0 aromatic carbocycles. The van der Waals surface area contributed by atoms with Crippen LogP contribution >= 0.6 is 15.9 Å². The standard InChI is InChI=1S/C6H11Br/c1-2-5-3-4-6(5)7/h5-6H,2-4H2,1H3/t5?,6-/m1/s1. The molecule has 1 saturated carbocycles. The Balaban J connectivity index is 2.16. The molecule has 0 heterocycles. The molecule has 1 rings (SSSR count). The summed E-state index contributed by atoms with van der Waals surface area (Å²) in [5.74, 6) is 1.000. The lowest BCUT2D eigenvalue weighted by Crippen LogP contribution is -2.24. The molecule has 0 amide bonds. The Labute approximate surface area is 53.4 Å². The van der Waals surface area contributed by atoms with Gasteiger partial charge in [-0.05, 0) is 18.8 Å². The molecule has 42 valence electrons. The SMILES string of the molecule is CCC1CC[C@H]1Br. The molecule has 1 heteroatoms. The van der Waals surface area contributed by atoms with Gasteiger partial charge in [-0.2, -0.15) is 0 Å². The van der Waals surface area contributed by atoms with Crippen LogP contribution in [-0.4, -0.2) is 4.83 Å². The first-order valence-electron chi connectivity index (χ1n) is 2.98. The van der Waals surface area contributed by atoms with Gasteiger partial charge in [0.1, 0.15) is 0 Å². The predicted octanol–water partition coefficient (Wildman–Crippen LogP) is 2.57. The van der Waals surface area contributed by atoms with Crippen molar-refractivity contribution in [1.29, 1.82) is 0 Å². The van der Waals surface area contributed by atoms with Gasteiger partial charge in [-0.1, -0.05) is 29.3 Å². The largest absolute Gasteiger partial charge is 0.0888 e. The van der Waals surface area contributed by atoms with Crippen LogP contribution < -0.4 is 0 Å². The summed E-state index contributed by atoms with van der Waals surface area (Å²) in [5.41, 5.74) is 0. The zero-order valence-corrected chi connectivity index (χ0v) is 6.24. The molecule has 0 bridgehead atoms. The summed E-state index contributed by atoms with van der Waals surface area (Å²) >= 11 is 3.59. The second kappa shape index (κ2) is 2.17. The van der Waals surface area contributed by atoms with Crippen LogP contribution in [0.25, 0.3) is 0 Å². The van der Waals surface area contributed by atoms with E-state index >= 15 is 0 Å². The third-order valence-corrected chi connectivity index (χ3v) is 3.05. The highest BCUT2D eigenvalue weighted by atomic mass is 79.9. The molecule has 0 spiro atoms. The van der Waals surface area contributed by atoms with Gasteiger partial charge in [0.2, 0.25) is 0 Å². The van der Waals surface area contributed by atoms with Crippen molar-refractivity contribution in [2.75, 3.05) is 0 Å². The monoisotopic (exact) mass is 162 g/mol. The zero-order valence-electron chi connectivity index (χ0n) is 4.65. The van der Waals surface area contributed by atoms with E-state index in [2.05, 4.69) is 22.9 Å². The summed E-state index contributed by atoms with van der Waals surface area (Å²) in [6.07, 6.45) is 4.21. The van der Waals surface area contributed by atoms with Crippen LogP contribution in [0.4, 0.5) is 0 Å². The van der Waals surface area contributed by atoms with Crippen LogP contribution in [0.3, 0.4) is 0 Å².